The number of methoxy groups -OCH3 is 1. The SMILES string of the molecule is COC[C@H](C)NC1CCC(Nc2cc(-c3ccc(F)c(NCC4(C#N)CCOCC4)c3)c(Cl)cn2)CC1. The van der Waals surface area contributed by atoms with Crippen LogP contribution in [0.2, 0.25) is 5.02 Å². The molecule has 1 aromatic carbocycles. The fraction of sp³-hybridized carbons (Fsp3) is 0.571. The van der Waals surface area contributed by atoms with Crippen LogP contribution in [-0.2, 0) is 9.47 Å². The molecule has 9 heteroatoms. The molecule has 1 aliphatic heterocycles. The van der Waals surface area contributed by atoms with Crippen molar-refractivity contribution in [1.29, 1.82) is 5.26 Å². The van der Waals surface area contributed by atoms with E-state index in [2.05, 4.69) is 33.9 Å². The second kappa shape index (κ2) is 12.9. The van der Waals surface area contributed by atoms with Crippen molar-refractivity contribution in [2.24, 2.45) is 5.41 Å². The van der Waals surface area contributed by atoms with Crippen molar-refractivity contribution in [2.45, 2.75) is 63.6 Å². The van der Waals surface area contributed by atoms with Gasteiger partial charge in [0.05, 0.1) is 28.8 Å². The van der Waals surface area contributed by atoms with Gasteiger partial charge in [0.1, 0.15) is 11.6 Å². The Morgan fingerprint density at radius 3 is 2.65 bits per heavy atom. The van der Waals surface area contributed by atoms with Crippen LogP contribution in [0.25, 0.3) is 11.1 Å². The first-order valence-electron chi connectivity index (χ1n) is 13.1. The first-order valence-corrected chi connectivity index (χ1v) is 13.5. The van der Waals surface area contributed by atoms with Crippen molar-refractivity contribution in [3.8, 4) is 17.2 Å². The maximum atomic E-state index is 14.7. The highest BCUT2D eigenvalue weighted by atomic mass is 35.5. The van der Waals surface area contributed by atoms with Gasteiger partial charge in [-0.3, -0.25) is 0 Å². The van der Waals surface area contributed by atoms with Crippen molar-refractivity contribution in [3.05, 3.63) is 41.3 Å². The minimum Gasteiger partial charge on any atom is -0.383 e. The third kappa shape index (κ3) is 7.32. The molecule has 1 saturated heterocycles. The highest BCUT2D eigenvalue weighted by Crippen LogP contribution is 2.34. The van der Waals surface area contributed by atoms with E-state index < -0.39 is 5.41 Å². The van der Waals surface area contributed by atoms with Crippen LogP contribution in [0.4, 0.5) is 15.9 Å². The summed E-state index contributed by atoms with van der Waals surface area (Å²) in [5.41, 5.74) is 1.38. The highest BCUT2D eigenvalue weighted by Gasteiger charge is 2.32. The molecule has 7 nitrogen and oxygen atoms in total. The van der Waals surface area contributed by atoms with Gasteiger partial charge in [0, 0.05) is 56.8 Å². The van der Waals surface area contributed by atoms with Crippen LogP contribution < -0.4 is 16.0 Å². The number of benzene rings is 1. The third-order valence-corrected chi connectivity index (χ3v) is 7.75. The van der Waals surface area contributed by atoms with Crippen molar-refractivity contribution >= 4 is 23.1 Å². The molecule has 1 aliphatic carbocycles. The van der Waals surface area contributed by atoms with E-state index in [0.717, 1.165) is 42.6 Å². The smallest absolute Gasteiger partial charge is 0.146 e. The van der Waals surface area contributed by atoms with E-state index in [1.165, 1.54) is 6.07 Å². The van der Waals surface area contributed by atoms with Crippen LogP contribution in [0.1, 0.15) is 45.4 Å². The van der Waals surface area contributed by atoms with E-state index in [4.69, 9.17) is 21.1 Å². The molecule has 4 rings (SSSR count). The first-order chi connectivity index (χ1) is 17.9. The molecule has 0 amide bonds. The zero-order chi connectivity index (χ0) is 26.3. The Kier molecular flexibility index (Phi) is 9.60. The lowest BCUT2D eigenvalue weighted by Gasteiger charge is -2.32. The van der Waals surface area contributed by atoms with Gasteiger partial charge in [-0.1, -0.05) is 17.7 Å². The average molecular weight is 530 g/mol. The number of hydrogen-bond acceptors (Lipinski definition) is 7. The molecule has 0 radical (unpaired) electrons. The van der Waals surface area contributed by atoms with E-state index in [-0.39, 0.29) is 5.82 Å². The number of hydrogen-bond donors (Lipinski definition) is 3. The van der Waals surface area contributed by atoms with Crippen LogP contribution in [0.15, 0.2) is 30.5 Å². The maximum absolute atomic E-state index is 14.7. The van der Waals surface area contributed by atoms with E-state index in [1.807, 2.05) is 6.07 Å². The Balaban J connectivity index is 1.41. The fourth-order valence-electron chi connectivity index (χ4n) is 5.24. The Hall–Kier alpha value is -2.44. The number of nitriles is 1. The van der Waals surface area contributed by atoms with Crippen LogP contribution in [-0.4, -0.2) is 56.6 Å². The van der Waals surface area contributed by atoms with E-state index in [1.54, 1.807) is 25.4 Å². The lowest BCUT2D eigenvalue weighted by Crippen LogP contribution is -2.42. The number of pyridine rings is 1. The molecule has 0 unspecified atom stereocenters. The topological polar surface area (TPSA) is 91.2 Å². The summed E-state index contributed by atoms with van der Waals surface area (Å²) in [6, 6.07) is 10.4. The van der Waals surface area contributed by atoms with Gasteiger partial charge in [0.2, 0.25) is 0 Å². The van der Waals surface area contributed by atoms with Crippen molar-refractivity contribution in [1.82, 2.24) is 10.3 Å². The minimum atomic E-state index is -0.553. The standard InChI is InChI=1S/C28H37ClFN5O2/c1-19(16-36-2)34-21-4-6-22(7-5-21)35-27-14-23(24(29)15-32-27)20-3-8-25(30)26(13-20)33-18-28(17-31)9-11-37-12-10-28/h3,8,13-15,19,21-22,33-34H,4-7,9-12,16,18H2,1-2H3,(H,32,35)/t19-,21?,22?/m0/s1. The Morgan fingerprint density at radius 1 is 1.22 bits per heavy atom. The fourth-order valence-corrected chi connectivity index (χ4v) is 5.45. The predicted molar refractivity (Wildman–Crippen MR) is 145 cm³/mol. The molecule has 2 heterocycles. The Labute approximate surface area is 224 Å². The van der Waals surface area contributed by atoms with Gasteiger partial charge in [-0.05, 0) is 69.2 Å². The van der Waals surface area contributed by atoms with Crippen LogP contribution in [0.3, 0.4) is 0 Å². The second-order valence-electron chi connectivity index (χ2n) is 10.3. The molecular formula is C28H37ClFN5O2. The molecule has 0 bridgehead atoms. The van der Waals surface area contributed by atoms with E-state index in [0.29, 0.717) is 68.0 Å². The third-order valence-electron chi connectivity index (χ3n) is 7.45. The summed E-state index contributed by atoms with van der Waals surface area (Å²) < 4.78 is 25.3. The highest BCUT2D eigenvalue weighted by molar-refractivity contribution is 6.33. The number of nitrogens with zero attached hydrogens (tertiary/aromatic N) is 2. The average Bonchev–Trinajstić information content (AvgIpc) is 2.91. The zero-order valence-electron chi connectivity index (χ0n) is 21.7. The second-order valence-corrected chi connectivity index (χ2v) is 10.7. The van der Waals surface area contributed by atoms with Gasteiger partial charge in [0.25, 0.3) is 0 Å². The molecule has 2 aliphatic rings. The Morgan fingerprint density at radius 2 is 1.95 bits per heavy atom. The summed E-state index contributed by atoms with van der Waals surface area (Å²) in [6.07, 6.45) is 7.19. The predicted octanol–water partition coefficient (Wildman–Crippen LogP) is 5.62. The molecule has 2 aromatic rings. The summed E-state index contributed by atoms with van der Waals surface area (Å²) >= 11 is 6.52. The number of rotatable bonds is 10. The monoisotopic (exact) mass is 529 g/mol. The summed E-state index contributed by atoms with van der Waals surface area (Å²) in [7, 11) is 1.73. The minimum absolute atomic E-state index is 0.337. The van der Waals surface area contributed by atoms with Crippen LogP contribution in [0, 0.1) is 22.6 Å². The molecule has 3 N–H and O–H groups in total. The van der Waals surface area contributed by atoms with E-state index >= 15 is 0 Å². The molecule has 0 spiro atoms. The van der Waals surface area contributed by atoms with Gasteiger partial charge < -0.3 is 25.4 Å². The van der Waals surface area contributed by atoms with E-state index in [9.17, 15) is 9.65 Å². The Bertz CT molecular complexity index is 1080. The van der Waals surface area contributed by atoms with Gasteiger partial charge in [-0.25, -0.2) is 9.37 Å². The number of aromatic nitrogens is 1. The zero-order valence-corrected chi connectivity index (χ0v) is 22.4. The van der Waals surface area contributed by atoms with Crippen LogP contribution >= 0.6 is 11.6 Å². The summed E-state index contributed by atoms with van der Waals surface area (Å²) in [6.45, 7) is 4.32. The maximum Gasteiger partial charge on any atom is 0.146 e. The van der Waals surface area contributed by atoms with Crippen molar-refractivity contribution in [2.75, 3.05) is 44.1 Å². The summed E-state index contributed by atoms with van der Waals surface area (Å²) in [5.74, 6) is 0.394. The molecule has 200 valence electrons. The van der Waals surface area contributed by atoms with Crippen molar-refractivity contribution in [3.63, 3.8) is 0 Å². The lowest BCUT2D eigenvalue weighted by atomic mass is 9.81. The van der Waals surface area contributed by atoms with Gasteiger partial charge in [-0.2, -0.15) is 5.26 Å². The summed E-state index contributed by atoms with van der Waals surface area (Å²) in [4.78, 5) is 4.50. The number of halogens is 2. The quantitative estimate of drug-likeness (QED) is 0.368. The van der Waals surface area contributed by atoms with Crippen molar-refractivity contribution < 1.29 is 13.9 Å². The molecule has 2 fully saturated rings. The van der Waals surface area contributed by atoms with Gasteiger partial charge >= 0.3 is 0 Å². The first kappa shape index (κ1) is 27.6. The number of anilines is 2. The molecule has 1 saturated carbocycles. The molecular weight excluding hydrogens is 493 g/mol. The van der Waals surface area contributed by atoms with Gasteiger partial charge in [-0.15, -0.1) is 0 Å². The van der Waals surface area contributed by atoms with Gasteiger partial charge in [0.15, 0.2) is 0 Å². The van der Waals surface area contributed by atoms with Crippen LogP contribution in [0.5, 0.6) is 0 Å². The number of ether oxygens (including phenoxy) is 2. The molecule has 37 heavy (non-hydrogen) atoms. The molecule has 1 atom stereocenters. The number of nitrogens with one attached hydrogen (secondary N) is 3. The lowest BCUT2D eigenvalue weighted by molar-refractivity contribution is 0.0456. The largest absolute Gasteiger partial charge is 0.383 e. The normalized spacial score (nSPS) is 22.1. The summed E-state index contributed by atoms with van der Waals surface area (Å²) in [5, 5.41) is 20.6. The molecule has 1 aromatic heterocycles.